The van der Waals surface area contributed by atoms with Crippen molar-refractivity contribution in [2.75, 3.05) is 34.1 Å². The van der Waals surface area contributed by atoms with Crippen LogP contribution in [-0.2, 0) is 22.6 Å². The van der Waals surface area contributed by atoms with Gasteiger partial charge in [-0.2, -0.15) is 0 Å². The van der Waals surface area contributed by atoms with Gasteiger partial charge in [-0.3, -0.25) is 14.9 Å². The molecule has 0 atom stereocenters. The highest BCUT2D eigenvalue weighted by Crippen LogP contribution is 2.35. The first-order valence-corrected chi connectivity index (χ1v) is 10.4. The summed E-state index contributed by atoms with van der Waals surface area (Å²) in [5.74, 6) is 1.35. The molecule has 0 aliphatic carbocycles. The molecule has 2 aliphatic heterocycles. The van der Waals surface area contributed by atoms with Gasteiger partial charge in [0.25, 0.3) is 5.69 Å². The fraction of sp³-hybridized carbons (Fsp3) is 0.364. The quantitative estimate of drug-likeness (QED) is 0.440. The third kappa shape index (κ3) is 4.60. The molecule has 0 radical (unpaired) electrons. The van der Waals surface area contributed by atoms with E-state index >= 15 is 0 Å². The van der Waals surface area contributed by atoms with Crippen LogP contribution in [-0.4, -0.2) is 61.0 Å². The molecule has 2 aromatic carbocycles. The minimum Gasteiger partial charge on any atom is -0.493 e. The first-order chi connectivity index (χ1) is 16.4. The van der Waals surface area contributed by atoms with Gasteiger partial charge in [0.1, 0.15) is 6.61 Å². The Bertz CT molecular complexity index is 1120. The molecule has 34 heavy (non-hydrogen) atoms. The molecule has 180 valence electrons. The van der Waals surface area contributed by atoms with Crippen molar-refractivity contribution in [1.29, 1.82) is 0 Å². The van der Waals surface area contributed by atoms with Crippen LogP contribution in [0.4, 0.5) is 10.5 Å². The second-order valence-electron chi connectivity index (χ2n) is 7.51. The minimum absolute atomic E-state index is 0.0571. The number of fused-ring (bicyclic) bond motifs is 1. The van der Waals surface area contributed by atoms with Gasteiger partial charge in [-0.25, -0.2) is 14.8 Å². The monoisotopic (exact) mass is 473 g/mol. The van der Waals surface area contributed by atoms with E-state index in [1.54, 1.807) is 18.2 Å². The lowest BCUT2D eigenvalue weighted by Crippen LogP contribution is -2.45. The molecule has 4 rings (SSSR count). The average molecular weight is 473 g/mol. The van der Waals surface area contributed by atoms with Crippen molar-refractivity contribution in [2.24, 2.45) is 0 Å². The Balaban J connectivity index is 1.43. The zero-order valence-electron chi connectivity index (χ0n) is 18.6. The molecule has 0 aromatic heterocycles. The molecule has 12 nitrogen and oxygen atoms in total. The van der Waals surface area contributed by atoms with E-state index in [2.05, 4.69) is 0 Å². The van der Waals surface area contributed by atoms with E-state index < -0.39 is 11.0 Å². The van der Waals surface area contributed by atoms with Crippen molar-refractivity contribution in [1.82, 2.24) is 10.0 Å². The fourth-order valence-corrected chi connectivity index (χ4v) is 3.79. The van der Waals surface area contributed by atoms with Crippen LogP contribution in [0.2, 0.25) is 0 Å². The molecular weight excluding hydrogens is 450 g/mol. The summed E-state index contributed by atoms with van der Waals surface area (Å²) in [5, 5.41) is 14.0. The van der Waals surface area contributed by atoms with Gasteiger partial charge in [0.2, 0.25) is 12.7 Å². The predicted molar refractivity (Wildman–Crippen MR) is 116 cm³/mol. The zero-order chi connectivity index (χ0) is 24.2. The lowest BCUT2D eigenvalue weighted by Gasteiger charge is -2.27. The highest BCUT2D eigenvalue weighted by atomic mass is 16.7. The van der Waals surface area contributed by atoms with E-state index in [0.29, 0.717) is 31.0 Å². The second kappa shape index (κ2) is 9.73. The van der Waals surface area contributed by atoms with Crippen molar-refractivity contribution in [3.05, 3.63) is 51.6 Å². The summed E-state index contributed by atoms with van der Waals surface area (Å²) in [6, 6.07) is 7.82. The molecule has 2 heterocycles. The smallest absolute Gasteiger partial charge is 0.429 e. The van der Waals surface area contributed by atoms with Crippen LogP contribution >= 0.6 is 0 Å². The normalized spacial score (nSPS) is 14.2. The van der Waals surface area contributed by atoms with Crippen LogP contribution in [0.1, 0.15) is 17.5 Å². The number of hydrogen-bond acceptors (Lipinski definition) is 9. The van der Waals surface area contributed by atoms with E-state index in [-0.39, 0.29) is 48.5 Å². The largest absolute Gasteiger partial charge is 0.493 e. The molecule has 1 fully saturated rings. The van der Waals surface area contributed by atoms with Crippen molar-refractivity contribution < 1.29 is 38.2 Å². The number of nitro benzene ring substituents is 1. The van der Waals surface area contributed by atoms with E-state index in [0.717, 1.165) is 5.56 Å². The maximum atomic E-state index is 12.9. The van der Waals surface area contributed by atoms with Crippen LogP contribution in [0.5, 0.6) is 23.0 Å². The van der Waals surface area contributed by atoms with E-state index in [9.17, 15) is 19.7 Å². The maximum Gasteiger partial charge on any atom is 0.429 e. The number of ether oxygens (including phenoxy) is 5. The maximum absolute atomic E-state index is 12.9. The molecule has 1 saturated heterocycles. The highest BCUT2D eigenvalue weighted by molar-refractivity contribution is 5.82. The van der Waals surface area contributed by atoms with Crippen molar-refractivity contribution in [3.8, 4) is 23.0 Å². The Hall–Kier alpha value is -4.22. The lowest BCUT2D eigenvalue weighted by atomic mass is 10.1. The molecule has 0 unspecified atom stereocenters. The first-order valence-electron chi connectivity index (χ1n) is 10.4. The summed E-state index contributed by atoms with van der Waals surface area (Å²) in [4.78, 5) is 36.5. The average Bonchev–Trinajstić information content (AvgIpc) is 3.51. The zero-order valence-corrected chi connectivity index (χ0v) is 18.6. The summed E-state index contributed by atoms with van der Waals surface area (Å²) >= 11 is 0. The van der Waals surface area contributed by atoms with E-state index in [1.165, 1.54) is 36.4 Å². The fourth-order valence-electron chi connectivity index (χ4n) is 3.79. The summed E-state index contributed by atoms with van der Waals surface area (Å²) in [5.41, 5.74) is 0.575. The second-order valence-corrected chi connectivity index (χ2v) is 7.51. The molecule has 12 heteroatoms. The lowest BCUT2D eigenvalue weighted by molar-refractivity contribution is -0.385. The van der Waals surface area contributed by atoms with Crippen molar-refractivity contribution >= 4 is 17.7 Å². The van der Waals surface area contributed by atoms with Gasteiger partial charge >= 0.3 is 6.09 Å². The van der Waals surface area contributed by atoms with Crippen molar-refractivity contribution in [3.63, 3.8) is 0 Å². The number of rotatable bonds is 7. The number of nitrogens with zero attached hydrogens (tertiary/aromatic N) is 3. The van der Waals surface area contributed by atoms with Crippen LogP contribution in [0.15, 0.2) is 30.3 Å². The van der Waals surface area contributed by atoms with E-state index in [4.69, 9.17) is 23.7 Å². The number of hydrogen-bond donors (Lipinski definition) is 0. The van der Waals surface area contributed by atoms with Gasteiger partial charge in [0, 0.05) is 13.1 Å². The summed E-state index contributed by atoms with van der Waals surface area (Å²) < 4.78 is 26.2. The van der Waals surface area contributed by atoms with E-state index in [1.807, 2.05) is 0 Å². The summed E-state index contributed by atoms with van der Waals surface area (Å²) in [6.45, 7) is 0.404. The summed E-state index contributed by atoms with van der Waals surface area (Å²) in [7, 11) is 2.76. The van der Waals surface area contributed by atoms with Crippen LogP contribution in [0.3, 0.4) is 0 Å². The molecule has 2 aromatic rings. The van der Waals surface area contributed by atoms with Gasteiger partial charge in [0.15, 0.2) is 23.0 Å². The number of hydrazine groups is 1. The molecule has 0 spiro atoms. The molecule has 0 saturated carbocycles. The highest BCUT2D eigenvalue weighted by Gasteiger charge is 2.32. The molecule has 0 bridgehead atoms. The molecule has 2 aliphatic rings. The number of nitro groups is 1. The van der Waals surface area contributed by atoms with Gasteiger partial charge in [-0.1, -0.05) is 6.07 Å². The van der Waals surface area contributed by atoms with Crippen LogP contribution in [0.25, 0.3) is 0 Å². The topological polar surface area (TPSA) is 130 Å². The number of amides is 2. The SMILES string of the molecule is COc1cc(COC(=O)N2CCCN2C(=O)Cc2ccc3c(c2)OCO3)c([N+](=O)[O-])cc1OC. The van der Waals surface area contributed by atoms with Gasteiger partial charge < -0.3 is 23.7 Å². The van der Waals surface area contributed by atoms with Crippen LogP contribution in [0, 0.1) is 10.1 Å². The Morgan fingerprint density at radius 2 is 1.74 bits per heavy atom. The first kappa shape index (κ1) is 23.0. The molecular formula is C22H23N3O9. The minimum atomic E-state index is -0.777. The predicted octanol–water partition coefficient (Wildman–Crippen LogP) is 2.67. The van der Waals surface area contributed by atoms with Crippen molar-refractivity contribution in [2.45, 2.75) is 19.4 Å². The van der Waals surface area contributed by atoms with Gasteiger partial charge in [-0.15, -0.1) is 0 Å². The molecule has 2 amide bonds. The summed E-state index contributed by atoms with van der Waals surface area (Å²) in [6.07, 6.45) is -0.138. The number of carbonyl (C=O) groups excluding carboxylic acids is 2. The Kier molecular flexibility index (Phi) is 6.57. The number of methoxy groups -OCH3 is 2. The number of benzene rings is 2. The Morgan fingerprint density at radius 3 is 2.47 bits per heavy atom. The van der Waals surface area contributed by atoms with Gasteiger partial charge in [-0.05, 0) is 30.2 Å². The van der Waals surface area contributed by atoms with Crippen LogP contribution < -0.4 is 18.9 Å². The third-order valence-electron chi connectivity index (χ3n) is 5.45. The Labute approximate surface area is 194 Å². The molecule has 0 N–H and O–H groups in total. The third-order valence-corrected chi connectivity index (χ3v) is 5.45. The number of carbonyl (C=O) groups is 2. The van der Waals surface area contributed by atoms with Gasteiger partial charge in [0.05, 0.1) is 37.2 Å². The standard InChI is InChI=1S/C22H23N3O9/c1-30-18-10-15(16(25(28)29)11-19(18)31-2)12-32-22(27)24-7-3-6-23(24)21(26)9-14-4-5-17-20(8-14)34-13-33-17/h4-5,8,10-11H,3,6-7,9,12-13H2,1-2H3. The Morgan fingerprint density at radius 1 is 1.03 bits per heavy atom.